The molecule has 0 saturated carbocycles. The molecule has 25 heavy (non-hydrogen) atoms. The molecule has 0 atom stereocenters. The first-order valence-corrected chi connectivity index (χ1v) is 8.26. The molecule has 0 bridgehead atoms. The molecule has 0 radical (unpaired) electrons. The lowest BCUT2D eigenvalue weighted by atomic mass is 10.1. The summed E-state index contributed by atoms with van der Waals surface area (Å²) in [5.74, 6) is 1.28. The van der Waals surface area contributed by atoms with Gasteiger partial charge in [-0.3, -0.25) is 4.79 Å². The summed E-state index contributed by atoms with van der Waals surface area (Å²) in [4.78, 5) is 16.6. The maximum absolute atomic E-state index is 12.2. The molecule has 1 aliphatic rings. The summed E-state index contributed by atoms with van der Waals surface area (Å²) >= 11 is 6.27. The zero-order valence-corrected chi connectivity index (χ0v) is 14.0. The van der Waals surface area contributed by atoms with Crippen molar-refractivity contribution < 1.29 is 14.3 Å². The minimum atomic E-state index is -0.0843. The van der Waals surface area contributed by atoms with E-state index in [1.165, 1.54) is 6.08 Å². The first-order valence-electron chi connectivity index (χ1n) is 7.88. The fraction of sp³-hybridized carbons (Fsp3) is 0.100. The number of allylic oxidation sites excluding steroid dienone is 1. The van der Waals surface area contributed by atoms with Gasteiger partial charge in [0.25, 0.3) is 0 Å². The van der Waals surface area contributed by atoms with Gasteiger partial charge < -0.3 is 9.47 Å². The standard InChI is InChI=1S/C20H14ClNO3/c21-20-14(6-7-17(23)13-4-2-1-3-5-13)10-15-11-18-19(12-16(15)22-20)25-9-8-24-18/h1-7,10-12H,8-9H2. The Balaban J connectivity index is 1.68. The van der Waals surface area contributed by atoms with Crippen LogP contribution in [-0.2, 0) is 0 Å². The maximum Gasteiger partial charge on any atom is 0.185 e. The maximum atomic E-state index is 12.2. The van der Waals surface area contributed by atoms with Gasteiger partial charge in [-0.05, 0) is 24.3 Å². The molecule has 1 aliphatic heterocycles. The number of halogens is 1. The lowest BCUT2D eigenvalue weighted by molar-refractivity contribution is 0.104. The van der Waals surface area contributed by atoms with Gasteiger partial charge in [0.15, 0.2) is 17.3 Å². The number of rotatable bonds is 3. The van der Waals surface area contributed by atoms with Gasteiger partial charge in [0, 0.05) is 22.6 Å². The van der Waals surface area contributed by atoms with E-state index in [1.54, 1.807) is 18.2 Å². The van der Waals surface area contributed by atoms with E-state index in [0.717, 1.165) is 10.9 Å². The van der Waals surface area contributed by atoms with E-state index in [9.17, 15) is 4.79 Å². The fourth-order valence-electron chi connectivity index (χ4n) is 2.68. The van der Waals surface area contributed by atoms with Crippen LogP contribution in [0.2, 0.25) is 5.15 Å². The Labute approximate surface area is 149 Å². The highest BCUT2D eigenvalue weighted by Crippen LogP contribution is 2.35. The van der Waals surface area contributed by atoms with E-state index in [-0.39, 0.29) is 5.78 Å². The van der Waals surface area contributed by atoms with Gasteiger partial charge in [-0.2, -0.15) is 0 Å². The predicted molar refractivity (Wildman–Crippen MR) is 97.5 cm³/mol. The monoisotopic (exact) mass is 351 g/mol. The van der Waals surface area contributed by atoms with Gasteiger partial charge in [0.2, 0.25) is 0 Å². The molecule has 2 aromatic carbocycles. The summed E-state index contributed by atoms with van der Waals surface area (Å²) < 4.78 is 11.2. The predicted octanol–water partition coefficient (Wildman–Crippen LogP) is 4.56. The highest BCUT2D eigenvalue weighted by atomic mass is 35.5. The number of hydrogen-bond acceptors (Lipinski definition) is 4. The SMILES string of the molecule is O=C(C=Cc1cc2cc3c(cc2nc1Cl)OCCO3)c1ccccc1. The van der Waals surface area contributed by atoms with Crippen LogP contribution in [0.5, 0.6) is 11.5 Å². The Hall–Kier alpha value is -2.85. The summed E-state index contributed by atoms with van der Waals surface area (Å²) in [5, 5.41) is 1.21. The summed E-state index contributed by atoms with van der Waals surface area (Å²) in [5.41, 5.74) is 2.03. The second kappa shape index (κ2) is 6.57. The summed E-state index contributed by atoms with van der Waals surface area (Å²) in [7, 11) is 0. The van der Waals surface area contributed by atoms with Crippen LogP contribution in [0, 0.1) is 0 Å². The van der Waals surface area contributed by atoms with Crippen LogP contribution in [0.4, 0.5) is 0 Å². The van der Waals surface area contributed by atoms with E-state index < -0.39 is 0 Å². The largest absolute Gasteiger partial charge is 0.486 e. The molecule has 0 fully saturated rings. The third kappa shape index (κ3) is 3.21. The number of pyridine rings is 1. The van der Waals surface area contributed by atoms with Crippen LogP contribution in [0.3, 0.4) is 0 Å². The van der Waals surface area contributed by atoms with Gasteiger partial charge in [0.1, 0.15) is 18.4 Å². The first-order chi connectivity index (χ1) is 12.2. The van der Waals surface area contributed by atoms with E-state index in [1.807, 2.05) is 36.4 Å². The topological polar surface area (TPSA) is 48.4 Å². The Morgan fingerprint density at radius 2 is 1.76 bits per heavy atom. The van der Waals surface area contributed by atoms with Crippen molar-refractivity contribution in [3.8, 4) is 11.5 Å². The number of carbonyl (C=O) groups is 1. The third-order valence-electron chi connectivity index (χ3n) is 3.93. The van der Waals surface area contributed by atoms with Crippen LogP contribution >= 0.6 is 11.6 Å². The minimum Gasteiger partial charge on any atom is -0.486 e. The van der Waals surface area contributed by atoms with E-state index in [2.05, 4.69) is 4.98 Å². The number of aromatic nitrogens is 1. The summed E-state index contributed by atoms with van der Waals surface area (Å²) in [6.45, 7) is 1.05. The molecule has 0 spiro atoms. The highest BCUT2D eigenvalue weighted by molar-refractivity contribution is 6.31. The molecule has 0 N–H and O–H groups in total. The number of hydrogen-bond donors (Lipinski definition) is 0. The molecular weight excluding hydrogens is 338 g/mol. The average molecular weight is 352 g/mol. The Morgan fingerprint density at radius 3 is 2.52 bits per heavy atom. The number of nitrogens with zero attached hydrogens (tertiary/aromatic N) is 1. The molecule has 1 aromatic heterocycles. The fourth-order valence-corrected chi connectivity index (χ4v) is 2.89. The number of ether oxygens (including phenoxy) is 2. The van der Waals surface area contributed by atoms with Crippen LogP contribution in [0.15, 0.2) is 54.6 Å². The Bertz CT molecular complexity index is 983. The number of ketones is 1. The molecule has 124 valence electrons. The molecule has 4 nitrogen and oxygen atoms in total. The molecule has 0 aliphatic carbocycles. The van der Waals surface area contributed by atoms with Gasteiger partial charge in [-0.1, -0.05) is 41.9 Å². The molecule has 0 saturated heterocycles. The van der Waals surface area contributed by atoms with Gasteiger partial charge in [-0.15, -0.1) is 0 Å². The van der Waals surface area contributed by atoms with Crippen molar-refractivity contribution in [3.63, 3.8) is 0 Å². The Morgan fingerprint density at radius 1 is 1.04 bits per heavy atom. The van der Waals surface area contributed by atoms with Crippen LogP contribution in [0.25, 0.3) is 17.0 Å². The number of benzene rings is 2. The van der Waals surface area contributed by atoms with Crippen molar-refractivity contribution in [2.24, 2.45) is 0 Å². The van der Waals surface area contributed by atoms with Gasteiger partial charge in [0.05, 0.1) is 5.52 Å². The van der Waals surface area contributed by atoms with Crippen LogP contribution in [-0.4, -0.2) is 24.0 Å². The normalized spacial score (nSPS) is 13.3. The second-order valence-corrected chi connectivity index (χ2v) is 5.98. The highest BCUT2D eigenvalue weighted by Gasteiger charge is 2.14. The molecule has 3 aromatic rings. The van der Waals surface area contributed by atoms with E-state index in [0.29, 0.717) is 41.0 Å². The minimum absolute atomic E-state index is 0.0843. The molecule has 0 unspecified atom stereocenters. The van der Waals surface area contributed by atoms with Crippen molar-refractivity contribution in [2.75, 3.05) is 13.2 Å². The molecule has 5 heteroatoms. The third-order valence-corrected chi connectivity index (χ3v) is 4.23. The van der Waals surface area contributed by atoms with E-state index in [4.69, 9.17) is 21.1 Å². The number of fused-ring (bicyclic) bond motifs is 2. The summed E-state index contributed by atoms with van der Waals surface area (Å²) in [6, 6.07) is 14.7. The number of carbonyl (C=O) groups excluding carboxylic acids is 1. The van der Waals surface area contributed by atoms with Crippen molar-refractivity contribution in [2.45, 2.75) is 0 Å². The van der Waals surface area contributed by atoms with Crippen molar-refractivity contribution >= 4 is 34.4 Å². The lowest BCUT2D eigenvalue weighted by Crippen LogP contribution is -2.15. The van der Waals surface area contributed by atoms with E-state index >= 15 is 0 Å². The zero-order chi connectivity index (χ0) is 17.2. The van der Waals surface area contributed by atoms with Crippen LogP contribution in [0.1, 0.15) is 15.9 Å². The quantitative estimate of drug-likeness (QED) is 0.394. The zero-order valence-electron chi connectivity index (χ0n) is 13.2. The van der Waals surface area contributed by atoms with Gasteiger partial charge >= 0.3 is 0 Å². The summed E-state index contributed by atoms with van der Waals surface area (Å²) in [6.07, 6.45) is 3.18. The lowest BCUT2D eigenvalue weighted by Gasteiger charge is -2.18. The van der Waals surface area contributed by atoms with Crippen molar-refractivity contribution in [1.82, 2.24) is 4.98 Å². The second-order valence-electron chi connectivity index (χ2n) is 5.62. The molecule has 0 amide bonds. The first kappa shape index (κ1) is 15.7. The smallest absolute Gasteiger partial charge is 0.185 e. The van der Waals surface area contributed by atoms with Crippen molar-refractivity contribution in [1.29, 1.82) is 0 Å². The van der Waals surface area contributed by atoms with Crippen LogP contribution < -0.4 is 9.47 Å². The molecule has 4 rings (SSSR count). The molecule has 2 heterocycles. The molecular formula is C20H14ClNO3. The van der Waals surface area contributed by atoms with Gasteiger partial charge in [-0.25, -0.2) is 4.98 Å². The van der Waals surface area contributed by atoms with Crippen molar-refractivity contribution in [3.05, 3.63) is 70.9 Å². The average Bonchev–Trinajstić information content (AvgIpc) is 2.65. The Kier molecular flexibility index (Phi) is 4.12.